The Morgan fingerprint density at radius 3 is 1.23 bits per heavy atom. The number of aromatic nitrogens is 4. The molecule has 3 heterocycles. The predicted octanol–water partition coefficient (Wildman–Crippen LogP) is 20.3. The number of allylic oxidation sites excluding steroid dienone is 10. The lowest BCUT2D eigenvalue weighted by Gasteiger charge is -2.57. The van der Waals surface area contributed by atoms with E-state index in [1.807, 2.05) is 24.8 Å². The number of hydrogen-bond acceptors (Lipinski definition) is 11. The minimum atomic E-state index is -0.122. The van der Waals surface area contributed by atoms with Gasteiger partial charge in [-0.2, -0.15) is 0 Å². The lowest BCUT2D eigenvalue weighted by molar-refractivity contribution is -0.132. The van der Waals surface area contributed by atoms with Gasteiger partial charge in [0.2, 0.25) is 0 Å². The Balaban J connectivity index is 0.000000112. The second kappa shape index (κ2) is 30.6. The van der Waals surface area contributed by atoms with Gasteiger partial charge in [-0.1, -0.05) is 127 Å². The van der Waals surface area contributed by atoms with E-state index in [1.165, 1.54) is 131 Å². The van der Waals surface area contributed by atoms with Gasteiger partial charge in [0, 0.05) is 60.8 Å². The molecule has 0 radical (unpaired) electrons. The highest BCUT2D eigenvalue weighted by Gasteiger charge is 2.62. The third kappa shape index (κ3) is 13.7. The molecule has 570 valence electrons. The van der Waals surface area contributed by atoms with Crippen LogP contribution in [-0.2, 0) is 9.53 Å². The van der Waals surface area contributed by atoms with Gasteiger partial charge in [0.1, 0.15) is 12.1 Å². The molecule has 5 N–H and O–H groups in total. The number of rotatable bonds is 3. The lowest BCUT2D eigenvalue weighted by atomic mass is 9.47. The van der Waals surface area contributed by atoms with Gasteiger partial charge >= 0.3 is 0 Å². The van der Waals surface area contributed by atoms with Crippen LogP contribution < -0.4 is 0 Å². The van der Waals surface area contributed by atoms with Crippen LogP contribution >= 0.6 is 22.6 Å². The van der Waals surface area contributed by atoms with Gasteiger partial charge in [-0.15, -0.1) is 0 Å². The number of fused-ring (bicyclic) bond motifs is 20. The number of ether oxygens (including phenoxy) is 1. The number of aliphatic hydroxyl groups is 5. The molecule has 25 atom stereocenters. The molecule has 19 rings (SSSR count). The van der Waals surface area contributed by atoms with E-state index in [0.29, 0.717) is 50.8 Å². The monoisotopic (exact) mass is 1530 g/mol. The zero-order valence-corrected chi connectivity index (χ0v) is 67.7. The zero-order valence-electron chi connectivity index (χ0n) is 65.6. The first-order valence-corrected chi connectivity index (χ1v) is 43.4. The standard InChI is InChI=1S/2C23H30N2O.C19H27IO.C19H28O2.C6H12O.C2H6O/c1-22-9-7-17(26)11-16(22)3-4-18-20-6-5-19(15-12-24-14-25-13-15)23(20,2)10-8-21(18)22;1-22-9-7-16(26)13-15(22)3-4-17-18-5-6-20(21-14-24-11-12-25-21)23(18,2)10-8-19(17)22;1-18-9-7-13(21)11-12(18)3-4-14-15-5-6-17(20)19(15,2)10-8-16(14)18;1-18-9-7-13(20)11-12(18)3-4-14-15-5-6-17(21)19(15,2)10-8-16(14)18;1-2-6-4-3-5-7-6;1-2-3/h3,5,12-14,17-18,20-21,26H,4,6-11H2,1-2H3;3,6,11-12,14,16-19,26H,4-5,7-10,13H2,1-2H3;3,6,13-16,21H,4-5,7-11H2,1-2H3;3,13-16,20H,4-11H2,1-2H3;6H,2-5H2,1H3;3H,2H2,1H3/t17-,18?,20?,21?,22-,23+;16-,17?,18?,19?,22-,23-;2*13-,14?,15?,16?,18-,19-;;/m0000../s1. The third-order valence-electron chi connectivity index (χ3n) is 33.9. The normalized spacial score (nSPS) is 45.7. The Bertz CT molecular complexity index is 3500. The van der Waals surface area contributed by atoms with Gasteiger partial charge in [-0.25, -0.2) is 9.97 Å². The molecule has 11 nitrogen and oxygen atoms in total. The second-order valence-electron chi connectivity index (χ2n) is 38.5. The van der Waals surface area contributed by atoms with Gasteiger partial charge in [0.05, 0.1) is 42.4 Å². The topological polar surface area (TPSA) is 179 Å². The van der Waals surface area contributed by atoms with Crippen molar-refractivity contribution in [3.05, 3.63) is 117 Å². The lowest BCUT2D eigenvalue weighted by Crippen LogP contribution is -2.50. The van der Waals surface area contributed by atoms with Crippen LogP contribution in [0.15, 0.2) is 106 Å². The smallest absolute Gasteiger partial charge is 0.139 e. The van der Waals surface area contributed by atoms with Crippen LogP contribution in [0.1, 0.15) is 286 Å². The number of ketones is 1. The summed E-state index contributed by atoms with van der Waals surface area (Å²) in [4.78, 5) is 29.8. The van der Waals surface area contributed by atoms with E-state index in [1.54, 1.807) is 39.7 Å². The summed E-state index contributed by atoms with van der Waals surface area (Å²) in [5.74, 6) is 9.76. The molecule has 2 aromatic heterocycles. The molecule has 13 unspecified atom stereocenters. The average Bonchev–Trinajstić information content (AvgIpc) is 1.47. The summed E-state index contributed by atoms with van der Waals surface area (Å²) in [6.07, 6.45) is 65.4. The van der Waals surface area contributed by atoms with Crippen molar-refractivity contribution in [1.29, 1.82) is 0 Å². The van der Waals surface area contributed by atoms with Crippen LogP contribution in [0.3, 0.4) is 0 Å². The van der Waals surface area contributed by atoms with Crippen LogP contribution in [0.25, 0.3) is 11.1 Å². The third-order valence-corrected chi connectivity index (χ3v) is 35.5. The van der Waals surface area contributed by atoms with Crippen molar-refractivity contribution in [2.45, 2.75) is 305 Å². The van der Waals surface area contributed by atoms with Crippen molar-refractivity contribution in [3.8, 4) is 0 Å². The van der Waals surface area contributed by atoms with E-state index in [0.717, 1.165) is 168 Å². The van der Waals surface area contributed by atoms with Crippen LogP contribution in [0.4, 0.5) is 0 Å². The quantitative estimate of drug-likeness (QED) is 0.146. The number of nitrogens with zero attached hydrogens (tertiary/aromatic N) is 4. The first kappa shape index (κ1) is 77.2. The molecule has 2 aromatic rings. The van der Waals surface area contributed by atoms with Gasteiger partial charge in [0.15, 0.2) is 0 Å². The van der Waals surface area contributed by atoms with Crippen molar-refractivity contribution < 1.29 is 35.1 Å². The fraction of sp³-hybridized carbons (Fsp3) is 0.750. The molecule has 1 aliphatic heterocycles. The van der Waals surface area contributed by atoms with Crippen molar-refractivity contribution in [3.63, 3.8) is 0 Å². The Morgan fingerprint density at radius 2 is 0.817 bits per heavy atom. The number of halogens is 1. The molecule has 17 aliphatic rings. The van der Waals surface area contributed by atoms with E-state index in [9.17, 15) is 25.2 Å². The molecule has 16 aliphatic carbocycles. The maximum absolute atomic E-state index is 12.4. The maximum Gasteiger partial charge on any atom is 0.139 e. The number of aliphatic hydroxyl groups excluding tert-OH is 5. The van der Waals surface area contributed by atoms with E-state index in [-0.39, 0.29) is 47.3 Å². The van der Waals surface area contributed by atoms with E-state index in [2.05, 4.69) is 147 Å². The number of carbonyl (C=O) groups excluding carboxylic acids is 1. The summed E-state index contributed by atoms with van der Waals surface area (Å²) < 4.78 is 6.93. The summed E-state index contributed by atoms with van der Waals surface area (Å²) in [7, 11) is 0. The van der Waals surface area contributed by atoms with Crippen LogP contribution in [0.5, 0.6) is 0 Å². The van der Waals surface area contributed by atoms with Crippen LogP contribution in [0.2, 0.25) is 0 Å². The minimum Gasteiger partial charge on any atom is -0.397 e. The molecular weight excluding hydrogens is 1400 g/mol. The van der Waals surface area contributed by atoms with E-state index >= 15 is 0 Å². The maximum atomic E-state index is 12.4. The molecule has 10 fully saturated rings. The van der Waals surface area contributed by atoms with Gasteiger partial charge in [-0.3, -0.25) is 14.8 Å². The number of carbonyl (C=O) groups is 1. The van der Waals surface area contributed by atoms with E-state index < -0.39 is 0 Å². The summed E-state index contributed by atoms with van der Waals surface area (Å²) in [6, 6.07) is 0. The summed E-state index contributed by atoms with van der Waals surface area (Å²) in [5, 5.41) is 47.9. The molecule has 12 heteroatoms. The summed E-state index contributed by atoms with van der Waals surface area (Å²) in [5.41, 5.74) is 13.7. The fourth-order valence-electron chi connectivity index (χ4n) is 27.7. The summed E-state index contributed by atoms with van der Waals surface area (Å²) in [6.45, 7) is 24.8. The van der Waals surface area contributed by atoms with Crippen molar-refractivity contribution in [2.75, 3.05) is 13.2 Å². The van der Waals surface area contributed by atoms with Gasteiger partial charge in [0.25, 0.3) is 0 Å². The van der Waals surface area contributed by atoms with Crippen molar-refractivity contribution >= 4 is 39.5 Å². The van der Waals surface area contributed by atoms with Crippen LogP contribution in [0, 0.1) is 114 Å². The zero-order chi connectivity index (χ0) is 73.4. The Morgan fingerprint density at radius 1 is 0.433 bits per heavy atom. The SMILES string of the molecule is CCC1CCCO1.CCO.C[C@]12CC[C@H](O)CC1=CCC1C2CC[C@]2(C)C(=O)CCC12.C[C@]12CC[C@H](O)CC1=CCC1C2CC[C@]2(C)C(I)=CCC12.C[C@]12CC[C@H](O)CC1=CCC1C2CC[C@]2(C)C(c3cnccn3)=CCC12.C[C@]12CC[C@H](O)CC1=CCC1C2CC[C@]2(C)C(c3cncnc3)=CCC12. The molecular formula is C92H133IN4O7. The molecule has 1 saturated heterocycles. The molecule has 104 heavy (non-hydrogen) atoms. The van der Waals surface area contributed by atoms with Crippen LogP contribution in [-0.4, -0.2) is 95.0 Å². The highest BCUT2D eigenvalue weighted by atomic mass is 127. The highest BCUT2D eigenvalue weighted by Crippen LogP contribution is 2.71. The Kier molecular flexibility index (Phi) is 22.8. The molecule has 0 aromatic carbocycles. The first-order valence-electron chi connectivity index (χ1n) is 42.3. The molecule has 9 saturated carbocycles. The first-order chi connectivity index (χ1) is 49.8. The summed E-state index contributed by atoms with van der Waals surface area (Å²) >= 11 is 2.60. The minimum absolute atomic E-state index is 0.0168. The highest BCUT2D eigenvalue weighted by molar-refractivity contribution is 14.1. The second-order valence-corrected chi connectivity index (χ2v) is 39.6. The largest absolute Gasteiger partial charge is 0.397 e. The predicted molar refractivity (Wildman–Crippen MR) is 426 cm³/mol. The molecule has 0 bridgehead atoms. The Labute approximate surface area is 640 Å². The molecule has 0 amide bonds. The number of Topliss-reactive ketones (excluding diaryl/α,β-unsaturated/α-hetero) is 1. The van der Waals surface area contributed by atoms with Crippen molar-refractivity contribution in [2.24, 2.45) is 114 Å². The number of hydrogen-bond donors (Lipinski definition) is 5. The van der Waals surface area contributed by atoms with E-state index in [4.69, 9.17) is 9.84 Å². The van der Waals surface area contributed by atoms with Gasteiger partial charge < -0.3 is 30.3 Å². The Hall–Kier alpha value is -3.50. The van der Waals surface area contributed by atoms with Gasteiger partial charge in [-0.05, 0) is 347 Å². The average molecular weight is 1530 g/mol. The van der Waals surface area contributed by atoms with Crippen molar-refractivity contribution in [1.82, 2.24) is 19.9 Å². The fourth-order valence-corrected chi connectivity index (χ4v) is 28.6. The molecule has 0 spiro atoms.